The molecule has 0 radical (unpaired) electrons. The van der Waals surface area contributed by atoms with Crippen molar-refractivity contribution in [3.63, 3.8) is 0 Å². The third-order valence-corrected chi connectivity index (χ3v) is 4.31. The number of nitrogens with zero attached hydrogens (tertiary/aromatic N) is 1. The van der Waals surface area contributed by atoms with Crippen LogP contribution in [-0.2, 0) is 4.74 Å². The lowest BCUT2D eigenvalue weighted by atomic mass is 10.0. The third kappa shape index (κ3) is 5.11. The summed E-state index contributed by atoms with van der Waals surface area (Å²) in [6.45, 7) is 12.7. The van der Waals surface area contributed by atoms with E-state index in [0.29, 0.717) is 13.2 Å². The average molecular weight is 335 g/mol. The zero-order chi connectivity index (χ0) is 17.6. The van der Waals surface area contributed by atoms with Gasteiger partial charge >= 0.3 is 6.03 Å². The van der Waals surface area contributed by atoms with Gasteiger partial charge in [0.2, 0.25) is 0 Å². The van der Waals surface area contributed by atoms with Crippen molar-refractivity contribution < 1.29 is 14.3 Å². The molecule has 2 N–H and O–H groups in total. The van der Waals surface area contributed by atoms with Crippen LogP contribution in [0.3, 0.4) is 0 Å². The average Bonchev–Trinajstić information content (AvgIpc) is 2.57. The molecule has 134 valence electrons. The van der Waals surface area contributed by atoms with Gasteiger partial charge in [-0.3, -0.25) is 4.90 Å². The molecule has 6 nitrogen and oxygen atoms in total. The molecule has 1 aliphatic rings. The zero-order valence-corrected chi connectivity index (χ0v) is 15.1. The van der Waals surface area contributed by atoms with Crippen molar-refractivity contribution in [1.82, 2.24) is 10.2 Å². The van der Waals surface area contributed by atoms with Crippen LogP contribution in [0.2, 0.25) is 0 Å². The summed E-state index contributed by atoms with van der Waals surface area (Å²) in [7, 11) is 0. The van der Waals surface area contributed by atoms with E-state index < -0.39 is 0 Å². The van der Waals surface area contributed by atoms with Gasteiger partial charge in [0, 0.05) is 30.9 Å². The van der Waals surface area contributed by atoms with E-state index >= 15 is 0 Å². The standard InChI is InChI=1S/C18H29N3O3/c1-5-24-15-6-7-16(14(2)12-15)20-17(22)19-13-18(3,4)21-8-10-23-11-9-21/h6-7,12H,5,8-11,13H2,1-4H3,(H2,19,20,22). The second-order valence-corrected chi connectivity index (χ2v) is 6.63. The van der Waals surface area contributed by atoms with E-state index in [0.717, 1.165) is 43.3 Å². The summed E-state index contributed by atoms with van der Waals surface area (Å²) in [6, 6.07) is 5.47. The highest BCUT2D eigenvalue weighted by molar-refractivity contribution is 5.90. The molecule has 0 atom stereocenters. The van der Waals surface area contributed by atoms with Crippen LogP contribution in [0.1, 0.15) is 26.3 Å². The van der Waals surface area contributed by atoms with E-state index in [9.17, 15) is 4.79 Å². The molecule has 1 saturated heterocycles. The molecule has 24 heavy (non-hydrogen) atoms. The summed E-state index contributed by atoms with van der Waals surface area (Å²) in [4.78, 5) is 14.6. The Bertz CT molecular complexity index is 554. The molecule has 1 aromatic carbocycles. The van der Waals surface area contributed by atoms with Crippen molar-refractivity contribution in [2.24, 2.45) is 0 Å². The largest absolute Gasteiger partial charge is 0.494 e. The first-order chi connectivity index (χ1) is 11.4. The fourth-order valence-electron chi connectivity index (χ4n) is 2.78. The SMILES string of the molecule is CCOc1ccc(NC(=O)NCC(C)(C)N2CCOCC2)c(C)c1. The summed E-state index contributed by atoms with van der Waals surface area (Å²) in [5.41, 5.74) is 1.67. The lowest BCUT2D eigenvalue weighted by molar-refractivity contribution is -0.00863. The molecule has 0 spiro atoms. The van der Waals surface area contributed by atoms with E-state index in [-0.39, 0.29) is 11.6 Å². The number of carbonyl (C=O) groups is 1. The Hall–Kier alpha value is -1.79. The number of morpholine rings is 1. The van der Waals surface area contributed by atoms with E-state index in [4.69, 9.17) is 9.47 Å². The number of hydrogen-bond donors (Lipinski definition) is 2. The molecule has 2 amide bonds. The minimum Gasteiger partial charge on any atom is -0.494 e. The van der Waals surface area contributed by atoms with Crippen LogP contribution < -0.4 is 15.4 Å². The second-order valence-electron chi connectivity index (χ2n) is 6.63. The van der Waals surface area contributed by atoms with Gasteiger partial charge in [0.15, 0.2) is 0 Å². The fraction of sp³-hybridized carbons (Fsp3) is 0.611. The van der Waals surface area contributed by atoms with Gasteiger partial charge in [-0.05, 0) is 51.5 Å². The number of carbonyl (C=O) groups excluding carboxylic acids is 1. The predicted molar refractivity (Wildman–Crippen MR) is 95.8 cm³/mol. The Balaban J connectivity index is 1.86. The van der Waals surface area contributed by atoms with Crippen molar-refractivity contribution in [2.45, 2.75) is 33.2 Å². The molecule has 0 bridgehead atoms. The second kappa shape index (κ2) is 8.35. The van der Waals surface area contributed by atoms with Gasteiger partial charge in [0.1, 0.15) is 5.75 Å². The van der Waals surface area contributed by atoms with Crippen molar-refractivity contribution in [3.8, 4) is 5.75 Å². The number of rotatable bonds is 6. The molecule has 1 aromatic rings. The normalized spacial score (nSPS) is 15.8. The van der Waals surface area contributed by atoms with Crippen molar-refractivity contribution in [3.05, 3.63) is 23.8 Å². The molecular weight excluding hydrogens is 306 g/mol. The number of benzene rings is 1. The molecule has 0 aromatic heterocycles. The van der Waals surface area contributed by atoms with Crippen molar-refractivity contribution >= 4 is 11.7 Å². The molecule has 1 fully saturated rings. The van der Waals surface area contributed by atoms with E-state index in [1.807, 2.05) is 32.0 Å². The van der Waals surface area contributed by atoms with E-state index in [1.54, 1.807) is 0 Å². The summed E-state index contributed by atoms with van der Waals surface area (Å²) in [5.74, 6) is 0.814. The van der Waals surface area contributed by atoms with E-state index in [1.165, 1.54) is 0 Å². The lowest BCUT2D eigenvalue weighted by Gasteiger charge is -2.40. The van der Waals surface area contributed by atoms with Gasteiger partial charge in [-0.1, -0.05) is 0 Å². The van der Waals surface area contributed by atoms with Crippen LogP contribution in [0.5, 0.6) is 5.75 Å². The summed E-state index contributed by atoms with van der Waals surface area (Å²) in [5, 5.41) is 5.88. The monoisotopic (exact) mass is 335 g/mol. The number of ether oxygens (including phenoxy) is 2. The van der Waals surface area contributed by atoms with Crippen LogP contribution in [-0.4, -0.2) is 55.9 Å². The molecule has 0 unspecified atom stereocenters. The first-order valence-corrected chi connectivity index (χ1v) is 8.53. The number of amides is 2. The molecule has 1 aliphatic heterocycles. The van der Waals surface area contributed by atoms with Crippen LogP contribution >= 0.6 is 0 Å². The van der Waals surface area contributed by atoms with Gasteiger partial charge < -0.3 is 20.1 Å². The van der Waals surface area contributed by atoms with Crippen LogP contribution in [0.25, 0.3) is 0 Å². The Morgan fingerprint density at radius 1 is 1.33 bits per heavy atom. The Labute approximate surface area is 144 Å². The van der Waals surface area contributed by atoms with Crippen LogP contribution in [0.4, 0.5) is 10.5 Å². The number of nitrogens with one attached hydrogen (secondary N) is 2. The number of aryl methyl sites for hydroxylation is 1. The predicted octanol–water partition coefficient (Wildman–Crippen LogP) is 2.63. The van der Waals surface area contributed by atoms with Gasteiger partial charge in [-0.2, -0.15) is 0 Å². The fourth-order valence-corrected chi connectivity index (χ4v) is 2.78. The van der Waals surface area contributed by atoms with Gasteiger partial charge in [-0.15, -0.1) is 0 Å². The number of anilines is 1. The van der Waals surface area contributed by atoms with Gasteiger partial charge in [0.05, 0.1) is 19.8 Å². The highest BCUT2D eigenvalue weighted by Gasteiger charge is 2.28. The molecule has 1 heterocycles. The molecule has 0 aliphatic carbocycles. The Morgan fingerprint density at radius 2 is 2.04 bits per heavy atom. The van der Waals surface area contributed by atoms with Gasteiger partial charge in [-0.25, -0.2) is 4.79 Å². The van der Waals surface area contributed by atoms with Crippen molar-refractivity contribution in [1.29, 1.82) is 0 Å². The van der Waals surface area contributed by atoms with E-state index in [2.05, 4.69) is 29.4 Å². The summed E-state index contributed by atoms with van der Waals surface area (Å²) in [6.07, 6.45) is 0. The van der Waals surface area contributed by atoms with Crippen molar-refractivity contribution in [2.75, 3.05) is 44.8 Å². The Kier molecular flexibility index (Phi) is 6.45. The zero-order valence-electron chi connectivity index (χ0n) is 15.1. The maximum Gasteiger partial charge on any atom is 0.319 e. The highest BCUT2D eigenvalue weighted by atomic mass is 16.5. The molecule has 0 saturated carbocycles. The maximum absolute atomic E-state index is 12.2. The summed E-state index contributed by atoms with van der Waals surface area (Å²) < 4.78 is 10.8. The van der Waals surface area contributed by atoms with Crippen LogP contribution in [0, 0.1) is 6.92 Å². The van der Waals surface area contributed by atoms with Crippen LogP contribution in [0.15, 0.2) is 18.2 Å². The third-order valence-electron chi connectivity index (χ3n) is 4.31. The minimum atomic E-state index is -0.191. The Morgan fingerprint density at radius 3 is 2.67 bits per heavy atom. The number of urea groups is 1. The lowest BCUT2D eigenvalue weighted by Crippen LogP contribution is -2.55. The topological polar surface area (TPSA) is 62.8 Å². The quantitative estimate of drug-likeness (QED) is 0.839. The number of hydrogen-bond acceptors (Lipinski definition) is 4. The molecular formula is C18H29N3O3. The van der Waals surface area contributed by atoms with Gasteiger partial charge in [0.25, 0.3) is 0 Å². The first-order valence-electron chi connectivity index (χ1n) is 8.53. The minimum absolute atomic E-state index is 0.102. The first kappa shape index (κ1) is 18.5. The molecule has 6 heteroatoms. The maximum atomic E-state index is 12.2. The smallest absolute Gasteiger partial charge is 0.319 e. The highest BCUT2D eigenvalue weighted by Crippen LogP contribution is 2.21. The summed E-state index contributed by atoms with van der Waals surface area (Å²) >= 11 is 0. The molecule has 2 rings (SSSR count).